The van der Waals surface area contributed by atoms with Crippen molar-refractivity contribution in [2.75, 3.05) is 11.4 Å². The predicted molar refractivity (Wildman–Crippen MR) is 83.7 cm³/mol. The molecule has 0 saturated heterocycles. The average molecular weight is 320 g/mol. The largest absolute Gasteiger partial charge is 0.508 e. The van der Waals surface area contributed by atoms with Gasteiger partial charge in [-0.3, -0.25) is 0 Å². The minimum atomic E-state index is 0.343. The molecule has 0 aromatic heterocycles. The first-order valence-electron chi connectivity index (χ1n) is 6.39. The highest BCUT2D eigenvalue weighted by atomic mass is 79.9. The van der Waals surface area contributed by atoms with Crippen molar-refractivity contribution in [2.45, 2.75) is 20.4 Å². The molecular formula is C16H18BrNO. The van der Waals surface area contributed by atoms with E-state index in [2.05, 4.69) is 46.8 Å². The van der Waals surface area contributed by atoms with Crippen LogP contribution in [0.3, 0.4) is 0 Å². The summed E-state index contributed by atoms with van der Waals surface area (Å²) in [6.07, 6.45) is 0. The van der Waals surface area contributed by atoms with E-state index in [0.717, 1.165) is 16.6 Å². The first-order chi connectivity index (χ1) is 9.11. The summed E-state index contributed by atoms with van der Waals surface area (Å²) in [6, 6.07) is 13.9. The Morgan fingerprint density at radius 3 is 2.58 bits per heavy atom. The lowest BCUT2D eigenvalue weighted by molar-refractivity contribution is 0.467. The molecule has 0 aliphatic carbocycles. The van der Waals surface area contributed by atoms with E-state index in [-0.39, 0.29) is 0 Å². The number of nitrogens with zero attached hydrogens (tertiary/aromatic N) is 1. The quantitative estimate of drug-likeness (QED) is 0.897. The summed E-state index contributed by atoms with van der Waals surface area (Å²) < 4.78 is 0.987. The summed E-state index contributed by atoms with van der Waals surface area (Å²) in [6.45, 7) is 5.84. The van der Waals surface area contributed by atoms with Gasteiger partial charge in [0.15, 0.2) is 0 Å². The van der Waals surface area contributed by atoms with E-state index in [1.165, 1.54) is 11.3 Å². The van der Waals surface area contributed by atoms with Gasteiger partial charge in [0.2, 0.25) is 0 Å². The second-order valence-corrected chi connectivity index (χ2v) is 5.49. The van der Waals surface area contributed by atoms with Gasteiger partial charge in [-0.15, -0.1) is 0 Å². The second-order valence-electron chi connectivity index (χ2n) is 4.57. The van der Waals surface area contributed by atoms with Gasteiger partial charge in [-0.1, -0.05) is 34.1 Å². The van der Waals surface area contributed by atoms with Crippen molar-refractivity contribution in [3.63, 3.8) is 0 Å². The third-order valence-corrected chi connectivity index (χ3v) is 3.73. The molecule has 0 aliphatic rings. The number of halogens is 1. The van der Waals surface area contributed by atoms with Gasteiger partial charge in [-0.05, 0) is 43.7 Å². The lowest BCUT2D eigenvalue weighted by Crippen LogP contribution is -2.22. The third-order valence-electron chi connectivity index (χ3n) is 3.24. The van der Waals surface area contributed by atoms with Gasteiger partial charge in [0.05, 0.1) is 0 Å². The molecule has 0 unspecified atom stereocenters. The summed E-state index contributed by atoms with van der Waals surface area (Å²) in [5, 5.41) is 9.95. The average Bonchev–Trinajstić information content (AvgIpc) is 2.41. The second kappa shape index (κ2) is 6.11. The van der Waals surface area contributed by atoms with Crippen LogP contribution in [0, 0.1) is 6.92 Å². The number of aromatic hydroxyl groups is 1. The molecule has 3 heteroatoms. The number of anilines is 1. The van der Waals surface area contributed by atoms with Gasteiger partial charge in [0.1, 0.15) is 5.75 Å². The number of benzene rings is 2. The molecule has 0 heterocycles. The Morgan fingerprint density at radius 2 is 1.89 bits per heavy atom. The molecular weight excluding hydrogens is 302 g/mol. The zero-order valence-corrected chi connectivity index (χ0v) is 12.8. The molecule has 2 aromatic carbocycles. The summed E-state index contributed by atoms with van der Waals surface area (Å²) in [5.74, 6) is 0.343. The van der Waals surface area contributed by atoms with Crippen LogP contribution in [-0.2, 0) is 6.54 Å². The highest BCUT2D eigenvalue weighted by molar-refractivity contribution is 9.10. The molecule has 0 spiro atoms. The van der Waals surface area contributed by atoms with Gasteiger partial charge in [0.25, 0.3) is 0 Å². The van der Waals surface area contributed by atoms with E-state index in [9.17, 15) is 5.11 Å². The van der Waals surface area contributed by atoms with Crippen molar-refractivity contribution in [3.05, 3.63) is 58.1 Å². The number of hydrogen-bond donors (Lipinski definition) is 1. The number of phenolic OH excluding ortho intramolecular Hbond substituents is 1. The first kappa shape index (κ1) is 13.9. The molecule has 2 nitrogen and oxygen atoms in total. The molecule has 0 atom stereocenters. The Balaban J connectivity index is 2.29. The van der Waals surface area contributed by atoms with E-state index >= 15 is 0 Å². The Labute approximate surface area is 122 Å². The van der Waals surface area contributed by atoms with Crippen LogP contribution in [0.2, 0.25) is 0 Å². The fraction of sp³-hybridized carbons (Fsp3) is 0.250. The van der Waals surface area contributed by atoms with Crippen LogP contribution < -0.4 is 4.90 Å². The normalized spacial score (nSPS) is 10.5. The molecule has 0 fully saturated rings. The van der Waals surface area contributed by atoms with Crippen LogP contribution >= 0.6 is 15.9 Å². The highest BCUT2D eigenvalue weighted by Crippen LogP contribution is 2.27. The SMILES string of the molecule is CCN(Cc1cc(Br)ccc1O)c1ccccc1C. The summed E-state index contributed by atoms with van der Waals surface area (Å²) >= 11 is 3.45. The van der Waals surface area contributed by atoms with Crippen molar-refractivity contribution in [1.29, 1.82) is 0 Å². The standard InChI is InChI=1S/C16H18BrNO/c1-3-18(15-7-5-4-6-12(15)2)11-13-10-14(17)8-9-16(13)19/h4-10,19H,3,11H2,1-2H3. The molecule has 0 amide bonds. The number of phenols is 1. The maximum Gasteiger partial charge on any atom is 0.120 e. The number of aryl methyl sites for hydroxylation is 1. The predicted octanol–water partition coefficient (Wildman–Crippen LogP) is 4.49. The Morgan fingerprint density at radius 1 is 1.16 bits per heavy atom. The van der Waals surface area contributed by atoms with Crippen LogP contribution in [0.4, 0.5) is 5.69 Å². The van der Waals surface area contributed by atoms with E-state index < -0.39 is 0 Å². The van der Waals surface area contributed by atoms with Crippen molar-refractivity contribution < 1.29 is 5.11 Å². The minimum Gasteiger partial charge on any atom is -0.508 e. The van der Waals surface area contributed by atoms with Crippen molar-refractivity contribution in [1.82, 2.24) is 0 Å². The lowest BCUT2D eigenvalue weighted by atomic mass is 10.1. The molecule has 0 aliphatic heterocycles. The van der Waals surface area contributed by atoms with Crippen LogP contribution in [0.5, 0.6) is 5.75 Å². The van der Waals surface area contributed by atoms with Crippen LogP contribution in [-0.4, -0.2) is 11.7 Å². The van der Waals surface area contributed by atoms with Gasteiger partial charge < -0.3 is 10.0 Å². The smallest absolute Gasteiger partial charge is 0.120 e. The fourth-order valence-electron chi connectivity index (χ4n) is 2.17. The summed E-state index contributed by atoms with van der Waals surface area (Å²) in [7, 11) is 0. The Bertz CT molecular complexity index is 568. The fourth-order valence-corrected chi connectivity index (χ4v) is 2.58. The van der Waals surface area contributed by atoms with Crippen molar-refractivity contribution >= 4 is 21.6 Å². The van der Waals surface area contributed by atoms with Gasteiger partial charge >= 0.3 is 0 Å². The monoisotopic (exact) mass is 319 g/mol. The van der Waals surface area contributed by atoms with E-state index in [1.54, 1.807) is 6.07 Å². The molecule has 1 N–H and O–H groups in total. The lowest BCUT2D eigenvalue weighted by Gasteiger charge is -2.25. The highest BCUT2D eigenvalue weighted by Gasteiger charge is 2.10. The molecule has 100 valence electrons. The van der Waals surface area contributed by atoms with E-state index in [1.807, 2.05) is 24.3 Å². The molecule has 2 rings (SSSR count). The Hall–Kier alpha value is -1.48. The maximum atomic E-state index is 9.95. The van der Waals surface area contributed by atoms with Gasteiger partial charge in [0, 0.05) is 28.8 Å². The zero-order chi connectivity index (χ0) is 13.8. The molecule has 2 aromatic rings. The van der Waals surface area contributed by atoms with Crippen LogP contribution in [0.15, 0.2) is 46.9 Å². The number of para-hydroxylation sites is 1. The van der Waals surface area contributed by atoms with E-state index in [0.29, 0.717) is 12.3 Å². The summed E-state index contributed by atoms with van der Waals surface area (Å²) in [5.41, 5.74) is 3.39. The summed E-state index contributed by atoms with van der Waals surface area (Å²) in [4.78, 5) is 2.26. The van der Waals surface area contributed by atoms with Gasteiger partial charge in [-0.25, -0.2) is 0 Å². The molecule has 0 bridgehead atoms. The first-order valence-corrected chi connectivity index (χ1v) is 7.19. The molecule has 0 radical (unpaired) electrons. The molecule has 19 heavy (non-hydrogen) atoms. The topological polar surface area (TPSA) is 23.5 Å². The Kier molecular flexibility index (Phi) is 4.48. The van der Waals surface area contributed by atoms with Crippen LogP contribution in [0.25, 0.3) is 0 Å². The maximum absolute atomic E-state index is 9.95. The van der Waals surface area contributed by atoms with E-state index in [4.69, 9.17) is 0 Å². The number of rotatable bonds is 4. The minimum absolute atomic E-state index is 0.343. The van der Waals surface area contributed by atoms with Crippen LogP contribution in [0.1, 0.15) is 18.1 Å². The number of hydrogen-bond acceptors (Lipinski definition) is 2. The van der Waals surface area contributed by atoms with Gasteiger partial charge in [-0.2, -0.15) is 0 Å². The zero-order valence-electron chi connectivity index (χ0n) is 11.2. The van der Waals surface area contributed by atoms with Crippen molar-refractivity contribution in [2.24, 2.45) is 0 Å². The molecule has 0 saturated carbocycles. The van der Waals surface area contributed by atoms with Crippen molar-refractivity contribution in [3.8, 4) is 5.75 Å². The third kappa shape index (κ3) is 3.29.